The third-order valence-electron chi connectivity index (χ3n) is 3.42. The first-order valence-corrected chi connectivity index (χ1v) is 8.98. The Balaban J connectivity index is 1.85. The maximum atomic E-state index is 12.1. The van der Waals surface area contributed by atoms with Crippen molar-refractivity contribution in [1.29, 1.82) is 0 Å². The van der Waals surface area contributed by atoms with Crippen molar-refractivity contribution in [3.8, 4) is 5.75 Å². The number of rotatable bonds is 9. The normalized spacial score (nSPS) is 11.6. The molecule has 1 atom stereocenters. The molecule has 0 heterocycles. The van der Waals surface area contributed by atoms with Crippen LogP contribution < -0.4 is 10.1 Å². The molecule has 0 aliphatic rings. The van der Waals surface area contributed by atoms with Crippen LogP contribution in [0.3, 0.4) is 0 Å². The number of aliphatic carboxylic acids is 1. The zero-order chi connectivity index (χ0) is 18.1. The maximum absolute atomic E-state index is 12.1. The smallest absolute Gasteiger partial charge is 0.326 e. The maximum Gasteiger partial charge on any atom is 0.326 e. The van der Waals surface area contributed by atoms with Gasteiger partial charge in [-0.2, -0.15) is 0 Å². The topological polar surface area (TPSA) is 75.6 Å². The Bertz CT molecular complexity index is 688. The lowest BCUT2D eigenvalue weighted by atomic mass is 10.1. The summed E-state index contributed by atoms with van der Waals surface area (Å²) in [5, 5.41) is 11.9. The van der Waals surface area contributed by atoms with Crippen molar-refractivity contribution in [1.82, 2.24) is 5.32 Å². The van der Waals surface area contributed by atoms with Gasteiger partial charge in [0.15, 0.2) is 0 Å². The van der Waals surface area contributed by atoms with Gasteiger partial charge < -0.3 is 15.2 Å². The molecule has 0 spiro atoms. The van der Waals surface area contributed by atoms with Crippen LogP contribution >= 0.6 is 11.8 Å². The lowest BCUT2D eigenvalue weighted by Crippen LogP contribution is -2.43. The average Bonchev–Trinajstić information content (AvgIpc) is 2.61. The molecule has 0 radical (unpaired) electrons. The highest BCUT2D eigenvalue weighted by molar-refractivity contribution is 8.00. The van der Waals surface area contributed by atoms with Gasteiger partial charge in [-0.05, 0) is 36.8 Å². The van der Waals surface area contributed by atoms with E-state index in [1.54, 1.807) is 0 Å². The van der Waals surface area contributed by atoms with Crippen molar-refractivity contribution >= 4 is 23.6 Å². The number of carboxylic acid groups (broad SMARTS) is 1. The van der Waals surface area contributed by atoms with Gasteiger partial charge in [0.2, 0.25) is 5.91 Å². The van der Waals surface area contributed by atoms with Crippen LogP contribution in [0, 0.1) is 0 Å². The second kappa shape index (κ2) is 9.74. The van der Waals surface area contributed by atoms with Gasteiger partial charge >= 0.3 is 5.97 Å². The number of benzene rings is 2. The largest absolute Gasteiger partial charge is 0.494 e. The highest BCUT2D eigenvalue weighted by Crippen LogP contribution is 2.21. The Labute approximate surface area is 151 Å². The molecule has 0 fully saturated rings. The van der Waals surface area contributed by atoms with Gasteiger partial charge in [0.1, 0.15) is 11.8 Å². The Hall–Kier alpha value is -2.47. The molecule has 0 saturated heterocycles. The molecule has 2 aromatic rings. The summed E-state index contributed by atoms with van der Waals surface area (Å²) in [6.45, 7) is 2.52. The highest BCUT2D eigenvalue weighted by atomic mass is 32.2. The monoisotopic (exact) mass is 359 g/mol. The second-order valence-corrected chi connectivity index (χ2v) is 6.39. The Kier molecular flexibility index (Phi) is 7.35. The number of carbonyl (C=O) groups is 2. The number of carboxylic acids is 1. The molecule has 0 bridgehead atoms. The Morgan fingerprint density at radius 2 is 1.80 bits per heavy atom. The van der Waals surface area contributed by atoms with E-state index >= 15 is 0 Å². The number of nitrogens with one attached hydrogen (secondary N) is 1. The summed E-state index contributed by atoms with van der Waals surface area (Å²) in [5.41, 5.74) is 0.870. The zero-order valence-corrected chi connectivity index (χ0v) is 14.8. The van der Waals surface area contributed by atoms with Crippen molar-refractivity contribution < 1.29 is 19.4 Å². The van der Waals surface area contributed by atoms with Gasteiger partial charge in [0.25, 0.3) is 0 Å². The van der Waals surface area contributed by atoms with E-state index in [1.165, 1.54) is 11.8 Å². The molecule has 2 N–H and O–H groups in total. The predicted octanol–water partition coefficient (Wildman–Crippen LogP) is 2.99. The lowest BCUT2D eigenvalue weighted by Gasteiger charge is -2.14. The number of thioether (sulfide) groups is 1. The van der Waals surface area contributed by atoms with Crippen LogP contribution in [0.15, 0.2) is 59.5 Å². The first-order valence-electron chi connectivity index (χ1n) is 8.00. The summed E-state index contributed by atoms with van der Waals surface area (Å²) in [6, 6.07) is 15.8. The molecule has 2 aromatic carbocycles. The van der Waals surface area contributed by atoms with Crippen molar-refractivity contribution in [2.24, 2.45) is 0 Å². The highest BCUT2D eigenvalue weighted by Gasteiger charge is 2.20. The van der Waals surface area contributed by atoms with Gasteiger partial charge in [-0.1, -0.05) is 30.3 Å². The fourth-order valence-electron chi connectivity index (χ4n) is 2.23. The molecule has 25 heavy (non-hydrogen) atoms. The zero-order valence-electron chi connectivity index (χ0n) is 14.0. The SMILES string of the molecule is CCOc1ccc(SCC(=O)NC(Cc2ccccc2)C(=O)O)cc1. The molecule has 0 aromatic heterocycles. The Morgan fingerprint density at radius 1 is 1.12 bits per heavy atom. The molecule has 1 amide bonds. The minimum Gasteiger partial charge on any atom is -0.494 e. The van der Waals surface area contributed by atoms with Gasteiger partial charge in [0, 0.05) is 11.3 Å². The third kappa shape index (κ3) is 6.51. The number of carbonyl (C=O) groups excluding carboxylic acids is 1. The number of hydrogen-bond acceptors (Lipinski definition) is 4. The summed E-state index contributed by atoms with van der Waals surface area (Å²) in [4.78, 5) is 24.4. The summed E-state index contributed by atoms with van der Waals surface area (Å²) in [5.74, 6) is -0.400. The van der Waals surface area contributed by atoms with Gasteiger partial charge in [-0.3, -0.25) is 4.79 Å². The standard InChI is InChI=1S/C19H21NO4S/c1-2-24-15-8-10-16(11-9-15)25-13-18(21)20-17(19(22)23)12-14-6-4-3-5-7-14/h3-11,17H,2,12-13H2,1H3,(H,20,21)(H,22,23). The first kappa shape index (κ1) is 18.9. The van der Waals surface area contributed by atoms with E-state index in [0.29, 0.717) is 6.61 Å². The van der Waals surface area contributed by atoms with Gasteiger partial charge in [-0.25, -0.2) is 4.79 Å². The van der Waals surface area contributed by atoms with Crippen LogP contribution in [0.4, 0.5) is 0 Å². The number of amides is 1. The second-order valence-electron chi connectivity index (χ2n) is 5.34. The van der Waals surface area contributed by atoms with Gasteiger partial charge in [0.05, 0.1) is 12.4 Å². The molecular formula is C19H21NO4S. The molecule has 2 rings (SSSR count). The molecule has 132 valence electrons. The molecule has 0 saturated carbocycles. The van der Waals surface area contributed by atoms with Gasteiger partial charge in [-0.15, -0.1) is 11.8 Å². The summed E-state index contributed by atoms with van der Waals surface area (Å²) < 4.78 is 5.37. The fraction of sp³-hybridized carbons (Fsp3) is 0.263. The first-order chi connectivity index (χ1) is 12.1. The number of hydrogen-bond donors (Lipinski definition) is 2. The minimum atomic E-state index is -1.04. The van der Waals surface area contributed by atoms with Crippen LogP contribution in [-0.4, -0.2) is 35.4 Å². The van der Waals surface area contributed by atoms with E-state index in [4.69, 9.17) is 4.74 Å². The van der Waals surface area contributed by atoms with Crippen LogP contribution in [0.5, 0.6) is 5.75 Å². The van der Waals surface area contributed by atoms with E-state index in [1.807, 2.05) is 61.5 Å². The summed E-state index contributed by atoms with van der Waals surface area (Å²) >= 11 is 1.35. The van der Waals surface area contributed by atoms with Crippen molar-refractivity contribution in [2.75, 3.05) is 12.4 Å². The molecular weight excluding hydrogens is 338 g/mol. The summed E-state index contributed by atoms with van der Waals surface area (Å²) in [6.07, 6.45) is 0.260. The quantitative estimate of drug-likeness (QED) is 0.673. The molecule has 1 unspecified atom stereocenters. The number of ether oxygens (including phenoxy) is 1. The van der Waals surface area contributed by atoms with E-state index in [-0.39, 0.29) is 18.1 Å². The fourth-order valence-corrected chi connectivity index (χ4v) is 2.94. The van der Waals surface area contributed by atoms with Crippen LogP contribution in [0.25, 0.3) is 0 Å². The molecule has 0 aliphatic heterocycles. The van der Waals surface area contributed by atoms with Crippen LogP contribution in [0.1, 0.15) is 12.5 Å². The lowest BCUT2D eigenvalue weighted by molar-refractivity contribution is -0.141. The minimum absolute atomic E-state index is 0.159. The van der Waals surface area contributed by atoms with E-state index < -0.39 is 12.0 Å². The molecule has 0 aliphatic carbocycles. The average molecular weight is 359 g/mol. The van der Waals surface area contributed by atoms with Crippen molar-refractivity contribution in [3.05, 3.63) is 60.2 Å². The van der Waals surface area contributed by atoms with Crippen LogP contribution in [-0.2, 0) is 16.0 Å². The van der Waals surface area contributed by atoms with Crippen molar-refractivity contribution in [2.45, 2.75) is 24.3 Å². The van der Waals surface area contributed by atoms with E-state index in [0.717, 1.165) is 16.2 Å². The van der Waals surface area contributed by atoms with E-state index in [9.17, 15) is 14.7 Å². The summed E-state index contributed by atoms with van der Waals surface area (Å²) in [7, 11) is 0. The third-order valence-corrected chi connectivity index (χ3v) is 4.43. The van der Waals surface area contributed by atoms with E-state index in [2.05, 4.69) is 5.32 Å². The van der Waals surface area contributed by atoms with Crippen LogP contribution in [0.2, 0.25) is 0 Å². The predicted molar refractivity (Wildman–Crippen MR) is 98.0 cm³/mol. The molecule has 6 heteroatoms. The Morgan fingerprint density at radius 3 is 2.40 bits per heavy atom. The van der Waals surface area contributed by atoms with Crippen molar-refractivity contribution in [3.63, 3.8) is 0 Å². The molecule has 5 nitrogen and oxygen atoms in total.